The maximum atomic E-state index is 7.86. The first-order valence-corrected chi connectivity index (χ1v) is 8.14. The van der Waals surface area contributed by atoms with E-state index in [0.29, 0.717) is 0 Å². The van der Waals surface area contributed by atoms with E-state index >= 15 is 0 Å². The van der Waals surface area contributed by atoms with Crippen LogP contribution in [0.4, 0.5) is 0 Å². The van der Waals surface area contributed by atoms with Crippen molar-refractivity contribution in [3.05, 3.63) is 21.8 Å². The SMILES string of the molecule is [2H]/C(=C/C1=CCCCC1)[Te]CCCC. The van der Waals surface area contributed by atoms with Gasteiger partial charge in [-0.15, -0.1) is 0 Å². The van der Waals surface area contributed by atoms with E-state index in [-0.39, 0.29) is 20.9 Å². The van der Waals surface area contributed by atoms with Gasteiger partial charge in [-0.05, 0) is 0 Å². The van der Waals surface area contributed by atoms with Crippen LogP contribution in [0.25, 0.3) is 0 Å². The van der Waals surface area contributed by atoms with Gasteiger partial charge in [-0.3, -0.25) is 0 Å². The normalized spacial score (nSPS) is 19.6. The Morgan fingerprint density at radius 2 is 2.54 bits per heavy atom. The van der Waals surface area contributed by atoms with Gasteiger partial charge in [0, 0.05) is 0 Å². The summed E-state index contributed by atoms with van der Waals surface area (Å²) in [6.07, 6.45) is 12.2. The molecule has 0 N–H and O–H groups in total. The summed E-state index contributed by atoms with van der Waals surface area (Å²) in [5.41, 5.74) is 1.43. The van der Waals surface area contributed by atoms with E-state index in [4.69, 9.17) is 1.37 Å². The van der Waals surface area contributed by atoms with Gasteiger partial charge >= 0.3 is 94.0 Å². The molecule has 0 aliphatic heterocycles. The van der Waals surface area contributed by atoms with E-state index in [1.54, 1.807) is 0 Å². The van der Waals surface area contributed by atoms with Crippen LogP contribution in [0.3, 0.4) is 0 Å². The van der Waals surface area contributed by atoms with Crippen molar-refractivity contribution in [2.75, 3.05) is 0 Å². The maximum absolute atomic E-state index is 7.86. The van der Waals surface area contributed by atoms with Gasteiger partial charge in [0.25, 0.3) is 0 Å². The first-order chi connectivity index (χ1) is 6.83. The van der Waals surface area contributed by atoms with Crippen molar-refractivity contribution in [2.45, 2.75) is 49.9 Å². The van der Waals surface area contributed by atoms with Crippen molar-refractivity contribution in [2.24, 2.45) is 0 Å². The second-order valence-electron chi connectivity index (χ2n) is 3.49. The average molecular weight is 293 g/mol. The minimum atomic E-state index is -0.157. The van der Waals surface area contributed by atoms with E-state index in [1.807, 2.05) is 0 Å². The van der Waals surface area contributed by atoms with E-state index < -0.39 is 0 Å². The minimum absolute atomic E-state index is 0.157. The quantitative estimate of drug-likeness (QED) is 0.532. The van der Waals surface area contributed by atoms with E-state index in [9.17, 15) is 0 Å². The molecule has 0 aromatic rings. The van der Waals surface area contributed by atoms with Crippen molar-refractivity contribution in [1.82, 2.24) is 0 Å². The Morgan fingerprint density at radius 1 is 1.62 bits per heavy atom. The molecule has 0 bridgehead atoms. The Morgan fingerprint density at radius 3 is 3.23 bits per heavy atom. The number of hydrogen-bond acceptors (Lipinski definition) is 0. The molecular formula is C12H20Te. The van der Waals surface area contributed by atoms with E-state index in [2.05, 4.69) is 19.1 Å². The predicted octanol–water partition coefficient (Wildman–Crippen LogP) is 3.92. The molecule has 0 atom stereocenters. The molecule has 74 valence electrons. The number of rotatable bonds is 5. The Balaban J connectivity index is 2.30. The third-order valence-corrected chi connectivity index (χ3v) is 4.47. The third-order valence-electron chi connectivity index (χ3n) is 2.25. The molecule has 0 saturated heterocycles. The molecule has 0 unspecified atom stereocenters. The molecule has 1 heteroatoms. The summed E-state index contributed by atoms with van der Waals surface area (Å²) in [5.74, 6) is 0. The van der Waals surface area contributed by atoms with Crippen LogP contribution in [0.1, 0.15) is 46.8 Å². The molecule has 0 heterocycles. The molecule has 0 radical (unpaired) electrons. The summed E-state index contributed by atoms with van der Waals surface area (Å²) in [5, 5.41) is 0. The number of allylic oxidation sites excluding steroid dienone is 3. The molecule has 0 nitrogen and oxygen atoms in total. The van der Waals surface area contributed by atoms with Crippen LogP contribution in [0, 0.1) is 0 Å². The van der Waals surface area contributed by atoms with Gasteiger partial charge in [0.15, 0.2) is 0 Å². The molecule has 0 spiro atoms. The number of unbranched alkanes of at least 4 members (excludes halogenated alkanes) is 1. The fourth-order valence-electron chi connectivity index (χ4n) is 1.39. The van der Waals surface area contributed by atoms with Crippen LogP contribution < -0.4 is 0 Å². The molecule has 0 saturated carbocycles. The van der Waals surface area contributed by atoms with Crippen LogP contribution in [0.15, 0.2) is 21.8 Å². The zero-order chi connectivity index (χ0) is 10.2. The standard InChI is InChI=1S/C12H20Te/c1-2-3-10-13-11-9-12-7-5-4-6-8-12/h7,9,11H,2-6,8,10H2,1H3/b11-9-/i11D. The van der Waals surface area contributed by atoms with Gasteiger partial charge in [-0.25, -0.2) is 0 Å². The monoisotopic (exact) mass is 295 g/mol. The van der Waals surface area contributed by atoms with Crippen LogP contribution in [-0.4, -0.2) is 20.9 Å². The summed E-state index contributed by atoms with van der Waals surface area (Å²) in [4.78, 5) is 0. The third kappa shape index (κ3) is 5.55. The van der Waals surface area contributed by atoms with Gasteiger partial charge in [-0.2, -0.15) is 0 Å². The first-order valence-electron chi connectivity index (χ1n) is 5.83. The molecule has 0 amide bonds. The molecule has 1 rings (SSSR count). The first kappa shape index (κ1) is 9.81. The van der Waals surface area contributed by atoms with E-state index in [1.165, 1.54) is 48.6 Å². The topological polar surface area (TPSA) is 0 Å². The van der Waals surface area contributed by atoms with Gasteiger partial charge in [-0.1, -0.05) is 0 Å². The summed E-state index contributed by atoms with van der Waals surface area (Å²) >= 11 is -0.157. The molecule has 0 fully saturated rings. The van der Waals surface area contributed by atoms with Gasteiger partial charge in [0.1, 0.15) is 0 Å². The molecule has 0 aromatic carbocycles. The number of hydrogen-bond donors (Lipinski definition) is 0. The van der Waals surface area contributed by atoms with Crippen molar-refractivity contribution in [3.8, 4) is 0 Å². The zero-order valence-electron chi connectivity index (χ0n) is 9.51. The fraction of sp³-hybridized carbons (Fsp3) is 0.667. The fourth-order valence-corrected chi connectivity index (χ4v) is 3.63. The molecular weight excluding hydrogens is 272 g/mol. The predicted molar refractivity (Wildman–Crippen MR) is 61.2 cm³/mol. The summed E-state index contributed by atoms with van der Waals surface area (Å²) in [7, 11) is 0. The van der Waals surface area contributed by atoms with Gasteiger partial charge in [0.05, 0.1) is 0 Å². The second-order valence-corrected chi connectivity index (χ2v) is 6.15. The Kier molecular flexibility index (Phi) is 5.78. The molecule has 13 heavy (non-hydrogen) atoms. The van der Waals surface area contributed by atoms with Gasteiger partial charge < -0.3 is 0 Å². The average Bonchev–Trinajstić information content (AvgIpc) is 2.20. The molecule has 1 aliphatic rings. The Bertz CT molecular complexity index is 218. The van der Waals surface area contributed by atoms with Crippen molar-refractivity contribution < 1.29 is 1.37 Å². The summed E-state index contributed by atoms with van der Waals surface area (Å²) in [6, 6.07) is 0. The Labute approximate surface area is 94.0 Å². The molecule has 0 aromatic heterocycles. The summed E-state index contributed by atoms with van der Waals surface area (Å²) < 4.78 is 10.1. The second kappa shape index (κ2) is 7.65. The van der Waals surface area contributed by atoms with Crippen molar-refractivity contribution in [1.29, 1.82) is 0 Å². The summed E-state index contributed by atoms with van der Waals surface area (Å²) in [6.45, 7) is 2.23. The van der Waals surface area contributed by atoms with Crippen LogP contribution in [0.2, 0.25) is 4.47 Å². The van der Waals surface area contributed by atoms with Gasteiger partial charge in [0.2, 0.25) is 0 Å². The van der Waals surface area contributed by atoms with Crippen molar-refractivity contribution in [3.63, 3.8) is 0 Å². The Hall–Kier alpha value is 0.270. The van der Waals surface area contributed by atoms with Crippen LogP contribution >= 0.6 is 0 Å². The zero-order valence-corrected chi connectivity index (χ0v) is 10.8. The van der Waals surface area contributed by atoms with E-state index in [0.717, 1.165) is 4.10 Å². The van der Waals surface area contributed by atoms with Crippen LogP contribution in [0.5, 0.6) is 0 Å². The molecule has 1 aliphatic carbocycles. The van der Waals surface area contributed by atoms with Crippen LogP contribution in [-0.2, 0) is 0 Å². The van der Waals surface area contributed by atoms with Crippen molar-refractivity contribution >= 4 is 20.9 Å².